The van der Waals surface area contributed by atoms with E-state index in [0.29, 0.717) is 42.2 Å². The van der Waals surface area contributed by atoms with Crippen LogP contribution in [0, 0.1) is 52.3 Å². The highest BCUT2D eigenvalue weighted by atomic mass is 16.3. The molecule has 0 bridgehead atoms. The topological polar surface area (TPSA) is 57.6 Å². The van der Waals surface area contributed by atoms with E-state index in [1.165, 1.54) is 32.1 Å². The Labute approximate surface area is 230 Å². The van der Waals surface area contributed by atoms with Crippen molar-refractivity contribution in [3.8, 4) is 11.8 Å². The average molecular weight is 518 g/mol. The van der Waals surface area contributed by atoms with E-state index in [9.17, 15) is 14.7 Å². The van der Waals surface area contributed by atoms with Crippen molar-refractivity contribution < 1.29 is 14.7 Å². The zero-order valence-electron chi connectivity index (χ0n) is 24.2. The number of benzene rings is 1. The van der Waals surface area contributed by atoms with Crippen molar-refractivity contribution >= 4 is 11.7 Å². The summed E-state index contributed by atoms with van der Waals surface area (Å²) in [6.07, 6.45) is 9.64. The first-order valence-electron chi connectivity index (χ1n) is 15.2. The Kier molecular flexibility index (Phi) is 7.31. The highest BCUT2D eigenvalue weighted by molar-refractivity contribution is 5.94. The second-order valence-electron chi connectivity index (χ2n) is 13.5. The third-order valence-electron chi connectivity index (χ3n) is 11.8. The van der Waals surface area contributed by atoms with Crippen molar-refractivity contribution in [3.63, 3.8) is 0 Å². The largest absolute Gasteiger partial charge is 0.378 e. The van der Waals surface area contributed by atoms with Crippen LogP contribution in [0.5, 0.6) is 0 Å². The summed E-state index contributed by atoms with van der Waals surface area (Å²) in [6.45, 7) is 12.1. The van der Waals surface area contributed by atoms with Gasteiger partial charge in [0.2, 0.25) is 0 Å². The Hall–Kier alpha value is -2.12. The third-order valence-corrected chi connectivity index (χ3v) is 11.8. The normalized spacial score (nSPS) is 39.7. The van der Waals surface area contributed by atoms with Crippen LogP contribution < -0.4 is 0 Å². The number of rotatable bonds is 4. The van der Waals surface area contributed by atoms with Gasteiger partial charge in [-0.05, 0) is 137 Å². The first-order valence-corrected chi connectivity index (χ1v) is 15.2. The Morgan fingerprint density at radius 1 is 0.921 bits per heavy atom. The molecule has 1 N–H and O–H groups in total. The number of carbonyl (C=O) groups is 2. The van der Waals surface area contributed by atoms with Crippen molar-refractivity contribution in [2.24, 2.45) is 40.4 Å². The molecule has 3 unspecified atom stereocenters. The van der Waals surface area contributed by atoms with E-state index in [1.807, 2.05) is 49.9 Å². The van der Waals surface area contributed by atoms with E-state index in [4.69, 9.17) is 0 Å². The van der Waals surface area contributed by atoms with Gasteiger partial charge in [0.25, 0.3) is 5.91 Å². The second-order valence-corrected chi connectivity index (χ2v) is 13.5. The maximum Gasteiger partial charge on any atom is 0.253 e. The van der Waals surface area contributed by atoms with E-state index < -0.39 is 5.60 Å². The fourth-order valence-corrected chi connectivity index (χ4v) is 9.60. The predicted octanol–water partition coefficient (Wildman–Crippen LogP) is 6.50. The molecule has 0 aliphatic heterocycles. The summed E-state index contributed by atoms with van der Waals surface area (Å²) >= 11 is 0. The van der Waals surface area contributed by atoms with Gasteiger partial charge >= 0.3 is 0 Å². The van der Waals surface area contributed by atoms with Gasteiger partial charge in [-0.3, -0.25) is 9.59 Å². The van der Waals surface area contributed by atoms with Gasteiger partial charge in [-0.2, -0.15) is 0 Å². The van der Waals surface area contributed by atoms with Gasteiger partial charge in [0.05, 0.1) is 0 Å². The van der Waals surface area contributed by atoms with Crippen molar-refractivity contribution in [1.29, 1.82) is 0 Å². The van der Waals surface area contributed by atoms with Gasteiger partial charge in [-0.15, -0.1) is 0 Å². The van der Waals surface area contributed by atoms with Crippen molar-refractivity contribution in [1.82, 2.24) is 4.90 Å². The van der Waals surface area contributed by atoms with Crippen LogP contribution in [0.4, 0.5) is 0 Å². The molecular weight excluding hydrogens is 470 g/mol. The summed E-state index contributed by atoms with van der Waals surface area (Å²) in [7, 11) is 0. The van der Waals surface area contributed by atoms with Crippen LogP contribution in [0.1, 0.15) is 108 Å². The monoisotopic (exact) mass is 517 g/mol. The molecule has 1 aromatic rings. The fraction of sp³-hybridized carbons (Fsp3) is 0.706. The van der Waals surface area contributed by atoms with Crippen LogP contribution in [-0.4, -0.2) is 40.4 Å². The number of nitrogens with zero attached hydrogens (tertiary/aromatic N) is 1. The molecule has 38 heavy (non-hydrogen) atoms. The minimum Gasteiger partial charge on any atom is -0.378 e. The highest BCUT2D eigenvalue weighted by Gasteiger charge is 2.61. The van der Waals surface area contributed by atoms with Crippen molar-refractivity contribution in [2.45, 2.75) is 98.0 Å². The van der Waals surface area contributed by atoms with Crippen LogP contribution in [0.2, 0.25) is 0 Å². The maximum atomic E-state index is 12.6. The van der Waals surface area contributed by atoms with Crippen LogP contribution in [0.3, 0.4) is 0 Å². The minimum absolute atomic E-state index is 0.0488. The molecule has 4 aliphatic carbocycles. The van der Waals surface area contributed by atoms with Gasteiger partial charge in [0.15, 0.2) is 0 Å². The van der Waals surface area contributed by atoms with Crippen LogP contribution >= 0.6 is 0 Å². The zero-order chi connectivity index (χ0) is 27.3. The SMILES string of the molecule is CCN(CC)C(=O)c1ccc(C#C[C@@]2(O)CC[C@]3(C)C4CC[C@@]5(C)C(CC[C@@H]5C(C)=O)C4CC[C@@H]3C2)cc1. The molecule has 0 heterocycles. The lowest BCUT2D eigenvalue weighted by Crippen LogP contribution is -2.56. The quantitative estimate of drug-likeness (QED) is 0.464. The number of Topliss-reactive ketones (excluding diaryl/α,β-unsaturated/α-hetero) is 1. The number of hydrogen-bond acceptors (Lipinski definition) is 3. The van der Waals surface area contributed by atoms with Gasteiger partial charge in [-0.25, -0.2) is 0 Å². The Balaban J connectivity index is 1.28. The van der Waals surface area contributed by atoms with Crippen LogP contribution in [0.25, 0.3) is 0 Å². The molecule has 4 heteroatoms. The van der Waals surface area contributed by atoms with Gasteiger partial charge in [-0.1, -0.05) is 25.7 Å². The van der Waals surface area contributed by atoms with Crippen molar-refractivity contribution in [2.75, 3.05) is 13.1 Å². The first-order chi connectivity index (χ1) is 18.0. The summed E-state index contributed by atoms with van der Waals surface area (Å²) in [5.74, 6) is 9.83. The highest BCUT2D eigenvalue weighted by Crippen LogP contribution is 2.68. The standard InChI is InChI=1S/C34H47NO3/c1-6-35(7-2)31(37)25-10-8-24(9-11-25)16-19-34(38)21-20-32(4)26(22-34)12-13-27-29-15-14-28(23(3)36)33(29,5)18-17-30(27)32/h8-11,26-30,38H,6-7,12-15,17-18,20-22H2,1-5H3/t26-,27?,28-,29?,30?,32+,33-,34-/m1/s1. The van der Waals surface area contributed by atoms with Gasteiger partial charge in [0, 0.05) is 30.1 Å². The Morgan fingerprint density at radius 2 is 1.61 bits per heavy atom. The van der Waals surface area contributed by atoms with Crippen LogP contribution in [-0.2, 0) is 4.79 Å². The number of carbonyl (C=O) groups excluding carboxylic acids is 2. The van der Waals surface area contributed by atoms with E-state index in [0.717, 1.165) is 37.2 Å². The number of hydrogen-bond donors (Lipinski definition) is 1. The Bertz CT molecular complexity index is 1130. The zero-order valence-corrected chi connectivity index (χ0v) is 24.2. The number of ketones is 1. The lowest BCUT2D eigenvalue weighted by molar-refractivity contribution is -0.144. The van der Waals surface area contributed by atoms with E-state index in [1.54, 1.807) is 0 Å². The first kappa shape index (κ1) is 27.4. The number of amides is 1. The molecule has 0 saturated heterocycles. The minimum atomic E-state index is -0.941. The number of aliphatic hydroxyl groups is 1. The van der Waals surface area contributed by atoms with Crippen LogP contribution in [0.15, 0.2) is 24.3 Å². The molecule has 0 aromatic heterocycles. The molecule has 4 nitrogen and oxygen atoms in total. The smallest absolute Gasteiger partial charge is 0.253 e. The lowest BCUT2D eigenvalue weighted by Gasteiger charge is -2.61. The molecule has 8 atom stereocenters. The predicted molar refractivity (Wildman–Crippen MR) is 151 cm³/mol. The summed E-state index contributed by atoms with van der Waals surface area (Å²) in [6, 6.07) is 7.51. The van der Waals surface area contributed by atoms with Gasteiger partial charge < -0.3 is 10.0 Å². The average Bonchev–Trinajstić information content (AvgIpc) is 3.27. The summed E-state index contributed by atoms with van der Waals surface area (Å²) in [5.41, 5.74) is 1.05. The summed E-state index contributed by atoms with van der Waals surface area (Å²) in [5, 5.41) is 11.6. The molecule has 4 fully saturated rings. The number of fused-ring (bicyclic) bond motifs is 5. The Morgan fingerprint density at radius 3 is 2.26 bits per heavy atom. The molecule has 4 aliphatic rings. The molecule has 1 aromatic carbocycles. The molecule has 4 saturated carbocycles. The fourth-order valence-electron chi connectivity index (χ4n) is 9.60. The molecule has 5 rings (SSSR count). The van der Waals surface area contributed by atoms with E-state index in [-0.39, 0.29) is 22.7 Å². The van der Waals surface area contributed by atoms with Crippen molar-refractivity contribution in [3.05, 3.63) is 35.4 Å². The van der Waals surface area contributed by atoms with Gasteiger partial charge in [0.1, 0.15) is 11.4 Å². The van der Waals surface area contributed by atoms with E-state index >= 15 is 0 Å². The molecule has 206 valence electrons. The van der Waals surface area contributed by atoms with E-state index in [2.05, 4.69) is 25.7 Å². The third kappa shape index (κ3) is 4.53. The lowest BCUT2D eigenvalue weighted by atomic mass is 9.44. The summed E-state index contributed by atoms with van der Waals surface area (Å²) < 4.78 is 0. The second kappa shape index (κ2) is 10.1. The molecule has 0 radical (unpaired) electrons. The summed E-state index contributed by atoms with van der Waals surface area (Å²) in [4.78, 5) is 26.8. The molecule has 0 spiro atoms. The molecular formula is C34H47NO3. The maximum absolute atomic E-state index is 12.6. The molecule has 1 amide bonds.